The summed E-state index contributed by atoms with van der Waals surface area (Å²) in [5.41, 5.74) is 1.72. The Morgan fingerprint density at radius 3 is 2.67 bits per heavy atom. The molecule has 0 aliphatic carbocycles. The minimum absolute atomic E-state index is 0.166. The Morgan fingerprint density at radius 2 is 2.11 bits per heavy atom. The first-order chi connectivity index (χ1) is 8.51. The summed E-state index contributed by atoms with van der Waals surface area (Å²) < 4.78 is 13.9. The molecule has 0 aliphatic rings. The number of halogens is 2. The summed E-state index contributed by atoms with van der Waals surface area (Å²) in [7, 11) is 0. The zero-order chi connectivity index (χ0) is 13.3. The number of nitrogens with zero attached hydrogens (tertiary/aromatic N) is 1. The maximum Gasteiger partial charge on any atom is 0.254 e. The van der Waals surface area contributed by atoms with Crippen molar-refractivity contribution < 1.29 is 4.39 Å². The third-order valence-corrected chi connectivity index (χ3v) is 3.17. The van der Waals surface area contributed by atoms with Gasteiger partial charge in [0.15, 0.2) is 0 Å². The van der Waals surface area contributed by atoms with Crippen LogP contribution in [0.15, 0.2) is 27.5 Å². The number of H-pyrrole nitrogens is 1. The minimum atomic E-state index is -0.376. The second-order valence-corrected chi connectivity index (χ2v) is 4.91. The molecule has 0 amide bonds. The van der Waals surface area contributed by atoms with Gasteiger partial charge in [-0.15, -0.1) is 0 Å². The van der Waals surface area contributed by atoms with Crippen LogP contribution < -0.4 is 5.56 Å². The molecule has 18 heavy (non-hydrogen) atoms. The Hall–Kier alpha value is -1.49. The Labute approximate surface area is 112 Å². The van der Waals surface area contributed by atoms with E-state index in [1.165, 1.54) is 12.1 Å². The zero-order valence-electron chi connectivity index (χ0n) is 10.1. The molecule has 0 unspecified atom stereocenters. The van der Waals surface area contributed by atoms with Crippen molar-refractivity contribution in [1.29, 1.82) is 0 Å². The molecule has 0 saturated carbocycles. The Balaban J connectivity index is 2.61. The van der Waals surface area contributed by atoms with Crippen LogP contribution in [0.1, 0.15) is 18.2 Å². The average Bonchev–Trinajstić information content (AvgIpc) is 2.27. The molecule has 1 aromatic heterocycles. The summed E-state index contributed by atoms with van der Waals surface area (Å²) in [6, 6.07) is 4.41. The molecule has 0 aliphatic heterocycles. The Morgan fingerprint density at radius 1 is 1.39 bits per heavy atom. The van der Waals surface area contributed by atoms with E-state index in [0.717, 1.165) is 0 Å². The highest BCUT2D eigenvalue weighted by Crippen LogP contribution is 2.21. The third-order valence-electron chi connectivity index (χ3n) is 2.71. The quantitative estimate of drug-likeness (QED) is 0.925. The topological polar surface area (TPSA) is 45.8 Å². The van der Waals surface area contributed by atoms with Gasteiger partial charge in [0, 0.05) is 21.3 Å². The first-order valence-electron chi connectivity index (χ1n) is 5.57. The molecule has 0 radical (unpaired) electrons. The molecule has 0 saturated heterocycles. The van der Waals surface area contributed by atoms with Gasteiger partial charge in [-0.05, 0) is 31.5 Å². The maximum atomic E-state index is 13.3. The highest BCUT2D eigenvalue weighted by atomic mass is 79.9. The van der Waals surface area contributed by atoms with Crippen molar-refractivity contribution in [2.45, 2.75) is 20.3 Å². The van der Waals surface area contributed by atoms with E-state index in [-0.39, 0.29) is 11.4 Å². The molecule has 0 bridgehead atoms. The second kappa shape index (κ2) is 5.02. The molecular formula is C13H12BrFN2O. The van der Waals surface area contributed by atoms with E-state index in [1.54, 1.807) is 13.0 Å². The number of rotatable bonds is 2. The normalized spacial score (nSPS) is 10.7. The molecular weight excluding hydrogens is 299 g/mol. The molecule has 0 atom stereocenters. The molecule has 0 fully saturated rings. The highest BCUT2D eigenvalue weighted by molar-refractivity contribution is 9.10. The van der Waals surface area contributed by atoms with Crippen molar-refractivity contribution in [2.24, 2.45) is 0 Å². The van der Waals surface area contributed by atoms with Gasteiger partial charge in [-0.2, -0.15) is 0 Å². The van der Waals surface area contributed by atoms with Crippen LogP contribution in [0.3, 0.4) is 0 Å². The maximum absolute atomic E-state index is 13.3. The smallest absolute Gasteiger partial charge is 0.254 e. The SMILES string of the molecule is CCc1c(C)nc(-c2cc(F)cc(Br)c2)[nH]c1=O. The van der Waals surface area contributed by atoms with E-state index in [0.29, 0.717) is 33.5 Å². The third kappa shape index (κ3) is 2.51. The fourth-order valence-corrected chi connectivity index (χ4v) is 2.32. The van der Waals surface area contributed by atoms with Crippen LogP contribution in [0, 0.1) is 12.7 Å². The number of hydrogen-bond donors (Lipinski definition) is 1. The van der Waals surface area contributed by atoms with Crippen LogP contribution in [0.4, 0.5) is 4.39 Å². The lowest BCUT2D eigenvalue weighted by molar-refractivity contribution is 0.627. The van der Waals surface area contributed by atoms with Crippen molar-refractivity contribution in [3.8, 4) is 11.4 Å². The van der Waals surface area contributed by atoms with Gasteiger partial charge in [-0.25, -0.2) is 9.37 Å². The summed E-state index contributed by atoms with van der Waals surface area (Å²) in [5, 5.41) is 0. The molecule has 1 N–H and O–H groups in total. The fourth-order valence-electron chi connectivity index (χ4n) is 1.85. The first-order valence-corrected chi connectivity index (χ1v) is 6.37. The summed E-state index contributed by atoms with van der Waals surface area (Å²) in [6.45, 7) is 3.68. The van der Waals surface area contributed by atoms with Gasteiger partial charge in [0.05, 0.1) is 0 Å². The van der Waals surface area contributed by atoms with Crippen molar-refractivity contribution in [3.63, 3.8) is 0 Å². The van der Waals surface area contributed by atoms with Gasteiger partial charge >= 0.3 is 0 Å². The fraction of sp³-hybridized carbons (Fsp3) is 0.231. The van der Waals surface area contributed by atoms with Crippen molar-refractivity contribution in [1.82, 2.24) is 9.97 Å². The molecule has 94 valence electrons. The predicted molar refractivity (Wildman–Crippen MR) is 72.1 cm³/mol. The minimum Gasteiger partial charge on any atom is -0.306 e. The van der Waals surface area contributed by atoms with Crippen molar-refractivity contribution in [2.75, 3.05) is 0 Å². The Kier molecular flexibility index (Phi) is 3.61. The van der Waals surface area contributed by atoms with Crippen molar-refractivity contribution >= 4 is 15.9 Å². The van der Waals surface area contributed by atoms with E-state index in [4.69, 9.17) is 0 Å². The molecule has 5 heteroatoms. The molecule has 1 aromatic carbocycles. The molecule has 0 spiro atoms. The molecule has 2 rings (SSSR count). The summed E-state index contributed by atoms with van der Waals surface area (Å²) >= 11 is 3.22. The van der Waals surface area contributed by atoms with Gasteiger partial charge in [0.1, 0.15) is 11.6 Å². The lowest BCUT2D eigenvalue weighted by Crippen LogP contribution is -2.16. The van der Waals surface area contributed by atoms with Crippen LogP contribution in [-0.4, -0.2) is 9.97 Å². The number of aromatic nitrogens is 2. The zero-order valence-corrected chi connectivity index (χ0v) is 11.6. The summed E-state index contributed by atoms with van der Waals surface area (Å²) in [5.74, 6) is 0.00847. The van der Waals surface area contributed by atoms with Gasteiger partial charge in [-0.1, -0.05) is 22.9 Å². The van der Waals surface area contributed by atoms with Crippen LogP contribution in [0.2, 0.25) is 0 Å². The first kappa shape index (κ1) is 13.0. The van der Waals surface area contributed by atoms with E-state index < -0.39 is 0 Å². The number of aryl methyl sites for hydroxylation is 1. The molecule has 2 aromatic rings. The summed E-state index contributed by atoms with van der Waals surface area (Å²) in [6.07, 6.45) is 0.626. The van der Waals surface area contributed by atoms with Crippen LogP contribution in [-0.2, 0) is 6.42 Å². The number of aromatic amines is 1. The predicted octanol–water partition coefficient (Wildman–Crippen LogP) is 3.21. The second-order valence-electron chi connectivity index (χ2n) is 3.99. The van der Waals surface area contributed by atoms with E-state index in [9.17, 15) is 9.18 Å². The van der Waals surface area contributed by atoms with Gasteiger partial charge in [0.2, 0.25) is 0 Å². The number of nitrogens with one attached hydrogen (secondary N) is 1. The molecule has 3 nitrogen and oxygen atoms in total. The standard InChI is InChI=1S/C13H12BrFN2O/c1-3-11-7(2)16-12(17-13(11)18)8-4-9(14)6-10(15)5-8/h4-6H,3H2,1-2H3,(H,16,17,18). The van der Waals surface area contributed by atoms with Gasteiger partial charge in [0.25, 0.3) is 5.56 Å². The average molecular weight is 311 g/mol. The van der Waals surface area contributed by atoms with Crippen LogP contribution in [0.25, 0.3) is 11.4 Å². The molecule has 1 heterocycles. The largest absolute Gasteiger partial charge is 0.306 e. The summed E-state index contributed by atoms with van der Waals surface area (Å²) in [4.78, 5) is 18.8. The monoisotopic (exact) mass is 310 g/mol. The Bertz CT molecular complexity index is 632. The van der Waals surface area contributed by atoms with Gasteiger partial charge < -0.3 is 4.98 Å². The lowest BCUT2D eigenvalue weighted by atomic mass is 10.1. The van der Waals surface area contributed by atoms with E-state index in [1.807, 2.05) is 6.92 Å². The number of hydrogen-bond acceptors (Lipinski definition) is 2. The van der Waals surface area contributed by atoms with E-state index >= 15 is 0 Å². The van der Waals surface area contributed by atoms with Crippen LogP contribution in [0.5, 0.6) is 0 Å². The lowest BCUT2D eigenvalue weighted by Gasteiger charge is -2.06. The van der Waals surface area contributed by atoms with Gasteiger partial charge in [-0.3, -0.25) is 4.79 Å². The highest BCUT2D eigenvalue weighted by Gasteiger charge is 2.09. The van der Waals surface area contributed by atoms with Crippen molar-refractivity contribution in [3.05, 3.63) is 50.1 Å². The van der Waals surface area contributed by atoms with Crippen LogP contribution >= 0.6 is 15.9 Å². The van der Waals surface area contributed by atoms with E-state index in [2.05, 4.69) is 25.9 Å². The number of benzene rings is 1.